The molecule has 0 aliphatic carbocycles. The third-order valence-corrected chi connectivity index (χ3v) is 2.11. The number of rotatable bonds is 7. The highest BCUT2D eigenvalue weighted by Gasteiger charge is 2.17. The summed E-state index contributed by atoms with van der Waals surface area (Å²) in [5.41, 5.74) is 5.34. The van der Waals surface area contributed by atoms with Gasteiger partial charge in [0.25, 0.3) is 0 Å². The van der Waals surface area contributed by atoms with Crippen LogP contribution in [0.5, 0.6) is 0 Å². The molecule has 3 nitrogen and oxygen atoms in total. The Labute approximate surface area is 80.3 Å². The number of carbonyl (C=O) groups is 1. The first-order valence-corrected chi connectivity index (χ1v) is 5.00. The van der Waals surface area contributed by atoms with Crippen LogP contribution in [0.3, 0.4) is 0 Å². The summed E-state index contributed by atoms with van der Waals surface area (Å²) in [7, 11) is 0. The second-order valence-corrected chi connectivity index (χ2v) is 3.95. The maximum atomic E-state index is 10.8. The molecule has 0 aliphatic rings. The first-order valence-electron chi connectivity index (χ1n) is 5.00. The van der Waals surface area contributed by atoms with Crippen LogP contribution in [0, 0.1) is 11.8 Å². The van der Waals surface area contributed by atoms with Crippen molar-refractivity contribution in [1.82, 2.24) is 0 Å². The second-order valence-electron chi connectivity index (χ2n) is 3.95. The van der Waals surface area contributed by atoms with E-state index in [1.807, 2.05) is 0 Å². The Morgan fingerprint density at radius 2 is 2.00 bits per heavy atom. The number of carboxylic acids is 1. The zero-order chi connectivity index (χ0) is 10.3. The van der Waals surface area contributed by atoms with Crippen LogP contribution in [0.25, 0.3) is 0 Å². The Morgan fingerprint density at radius 3 is 2.38 bits per heavy atom. The lowest BCUT2D eigenvalue weighted by molar-refractivity contribution is -0.142. The molecule has 13 heavy (non-hydrogen) atoms. The van der Waals surface area contributed by atoms with Gasteiger partial charge in [-0.1, -0.05) is 20.3 Å². The van der Waals surface area contributed by atoms with Gasteiger partial charge in [0.1, 0.15) is 0 Å². The van der Waals surface area contributed by atoms with Crippen molar-refractivity contribution in [3.05, 3.63) is 0 Å². The van der Waals surface area contributed by atoms with Gasteiger partial charge >= 0.3 is 5.97 Å². The molecule has 0 saturated heterocycles. The lowest BCUT2D eigenvalue weighted by Crippen LogP contribution is -2.16. The quantitative estimate of drug-likeness (QED) is 0.598. The fraction of sp³-hybridized carbons (Fsp3) is 0.900. The molecule has 0 amide bonds. The van der Waals surface area contributed by atoms with Crippen molar-refractivity contribution >= 4 is 5.97 Å². The third-order valence-electron chi connectivity index (χ3n) is 2.11. The highest BCUT2D eigenvalue weighted by Crippen LogP contribution is 2.17. The first-order chi connectivity index (χ1) is 6.07. The Morgan fingerprint density at radius 1 is 1.38 bits per heavy atom. The van der Waals surface area contributed by atoms with Crippen molar-refractivity contribution < 1.29 is 9.90 Å². The Kier molecular flexibility index (Phi) is 6.59. The molecule has 1 atom stereocenters. The van der Waals surface area contributed by atoms with Gasteiger partial charge in [-0.2, -0.15) is 0 Å². The molecule has 0 saturated carbocycles. The Balaban J connectivity index is 3.74. The molecule has 0 aromatic rings. The van der Waals surface area contributed by atoms with E-state index in [4.69, 9.17) is 10.8 Å². The lowest BCUT2D eigenvalue weighted by Gasteiger charge is -2.13. The summed E-state index contributed by atoms with van der Waals surface area (Å²) in [6.45, 7) is 4.77. The molecule has 0 heterocycles. The van der Waals surface area contributed by atoms with Crippen LogP contribution in [0.15, 0.2) is 0 Å². The summed E-state index contributed by atoms with van der Waals surface area (Å²) >= 11 is 0. The first kappa shape index (κ1) is 12.4. The van der Waals surface area contributed by atoms with Gasteiger partial charge in [0.05, 0.1) is 5.92 Å². The average Bonchev–Trinajstić information content (AvgIpc) is 2.02. The molecule has 0 rings (SSSR count). The van der Waals surface area contributed by atoms with Crippen molar-refractivity contribution in [1.29, 1.82) is 0 Å². The third kappa shape index (κ3) is 6.58. The predicted octanol–water partition coefficient (Wildman–Crippen LogP) is 1.86. The molecule has 1 unspecified atom stereocenters. The van der Waals surface area contributed by atoms with Crippen LogP contribution in [0.2, 0.25) is 0 Å². The largest absolute Gasteiger partial charge is 0.481 e. The molecule has 0 aliphatic heterocycles. The van der Waals surface area contributed by atoms with Gasteiger partial charge < -0.3 is 10.8 Å². The summed E-state index contributed by atoms with van der Waals surface area (Å²) < 4.78 is 0. The lowest BCUT2D eigenvalue weighted by atomic mass is 9.92. The van der Waals surface area contributed by atoms with E-state index in [9.17, 15) is 4.79 Å². The van der Waals surface area contributed by atoms with Crippen LogP contribution in [-0.2, 0) is 4.79 Å². The topological polar surface area (TPSA) is 63.3 Å². The average molecular weight is 187 g/mol. The van der Waals surface area contributed by atoms with E-state index >= 15 is 0 Å². The molecule has 0 spiro atoms. The molecule has 0 aromatic heterocycles. The summed E-state index contributed by atoms with van der Waals surface area (Å²) in [6.07, 6.45) is 3.41. The highest BCUT2D eigenvalue weighted by atomic mass is 16.4. The van der Waals surface area contributed by atoms with E-state index in [1.165, 1.54) is 0 Å². The highest BCUT2D eigenvalue weighted by molar-refractivity contribution is 5.69. The molecule has 3 heteroatoms. The normalized spacial score (nSPS) is 13.2. The number of aliphatic carboxylic acids is 1. The summed E-state index contributed by atoms with van der Waals surface area (Å²) in [5.74, 6) is -0.378. The van der Waals surface area contributed by atoms with Gasteiger partial charge in [0, 0.05) is 0 Å². The maximum Gasteiger partial charge on any atom is 0.306 e. The molecule has 3 N–H and O–H groups in total. The van der Waals surface area contributed by atoms with Crippen LogP contribution in [0.1, 0.15) is 39.5 Å². The van der Waals surface area contributed by atoms with E-state index in [1.54, 1.807) is 0 Å². The number of hydrogen-bond acceptors (Lipinski definition) is 2. The SMILES string of the molecule is CC(C)CC(CCCCN)C(=O)O. The van der Waals surface area contributed by atoms with Crippen LogP contribution in [0.4, 0.5) is 0 Å². The van der Waals surface area contributed by atoms with Gasteiger partial charge in [-0.15, -0.1) is 0 Å². The maximum absolute atomic E-state index is 10.8. The standard InChI is InChI=1S/C10H21NO2/c1-8(2)7-9(10(12)13)5-3-4-6-11/h8-9H,3-7,11H2,1-2H3,(H,12,13). The van der Waals surface area contributed by atoms with E-state index < -0.39 is 5.97 Å². The number of unbranched alkanes of at least 4 members (excludes halogenated alkanes) is 1. The van der Waals surface area contributed by atoms with Gasteiger partial charge in [-0.3, -0.25) is 4.79 Å². The zero-order valence-electron chi connectivity index (χ0n) is 8.62. The fourth-order valence-corrected chi connectivity index (χ4v) is 1.45. The zero-order valence-corrected chi connectivity index (χ0v) is 8.62. The van der Waals surface area contributed by atoms with E-state index in [0.717, 1.165) is 25.7 Å². The summed E-state index contributed by atoms with van der Waals surface area (Å²) in [6, 6.07) is 0. The van der Waals surface area contributed by atoms with Crippen LogP contribution >= 0.6 is 0 Å². The smallest absolute Gasteiger partial charge is 0.306 e. The van der Waals surface area contributed by atoms with Crippen molar-refractivity contribution in [2.24, 2.45) is 17.6 Å². The van der Waals surface area contributed by atoms with Crippen molar-refractivity contribution in [3.8, 4) is 0 Å². The molecular formula is C10H21NO2. The number of nitrogens with two attached hydrogens (primary N) is 1. The molecule has 0 aromatic carbocycles. The summed E-state index contributed by atoms with van der Waals surface area (Å²) in [4.78, 5) is 10.8. The Hall–Kier alpha value is -0.570. The number of carboxylic acid groups (broad SMARTS) is 1. The van der Waals surface area contributed by atoms with Gasteiger partial charge in [0.15, 0.2) is 0 Å². The van der Waals surface area contributed by atoms with E-state index in [-0.39, 0.29) is 5.92 Å². The Bertz CT molecular complexity index is 146. The minimum absolute atomic E-state index is 0.174. The van der Waals surface area contributed by atoms with E-state index in [2.05, 4.69) is 13.8 Å². The number of hydrogen-bond donors (Lipinski definition) is 2. The van der Waals surface area contributed by atoms with Gasteiger partial charge in [-0.25, -0.2) is 0 Å². The van der Waals surface area contributed by atoms with Gasteiger partial charge in [-0.05, 0) is 31.7 Å². The monoisotopic (exact) mass is 187 g/mol. The van der Waals surface area contributed by atoms with E-state index in [0.29, 0.717) is 12.5 Å². The van der Waals surface area contributed by atoms with Crippen LogP contribution < -0.4 is 5.73 Å². The van der Waals surface area contributed by atoms with Crippen molar-refractivity contribution in [2.45, 2.75) is 39.5 Å². The molecule has 0 radical (unpaired) electrons. The fourth-order valence-electron chi connectivity index (χ4n) is 1.45. The molecule has 0 fully saturated rings. The summed E-state index contributed by atoms with van der Waals surface area (Å²) in [5, 5.41) is 8.89. The predicted molar refractivity (Wildman–Crippen MR) is 53.5 cm³/mol. The van der Waals surface area contributed by atoms with Crippen LogP contribution in [-0.4, -0.2) is 17.6 Å². The molecule has 78 valence electrons. The molecule has 0 bridgehead atoms. The minimum atomic E-state index is -0.661. The van der Waals surface area contributed by atoms with Crippen molar-refractivity contribution in [2.75, 3.05) is 6.54 Å². The van der Waals surface area contributed by atoms with Gasteiger partial charge in [0.2, 0.25) is 0 Å². The minimum Gasteiger partial charge on any atom is -0.481 e. The molecular weight excluding hydrogens is 166 g/mol. The second kappa shape index (κ2) is 6.89. The van der Waals surface area contributed by atoms with Crippen molar-refractivity contribution in [3.63, 3.8) is 0 Å².